The van der Waals surface area contributed by atoms with E-state index in [2.05, 4.69) is 0 Å². The van der Waals surface area contributed by atoms with E-state index >= 15 is 0 Å². The van der Waals surface area contributed by atoms with E-state index in [-0.39, 0.29) is 12.2 Å². The summed E-state index contributed by atoms with van der Waals surface area (Å²) >= 11 is 0. The summed E-state index contributed by atoms with van der Waals surface area (Å²) in [6.45, 7) is 2.43. The number of carbonyl (C=O) groups excluding carboxylic acids is 1. The molecular formula is C13H15NO4. The van der Waals surface area contributed by atoms with Crippen molar-refractivity contribution in [3.05, 3.63) is 29.3 Å². The zero-order valence-corrected chi connectivity index (χ0v) is 10.3. The van der Waals surface area contributed by atoms with Crippen molar-refractivity contribution in [3.8, 4) is 5.75 Å². The maximum Gasteiger partial charge on any atom is 0.248 e. The van der Waals surface area contributed by atoms with Crippen molar-refractivity contribution in [3.63, 3.8) is 0 Å². The van der Waals surface area contributed by atoms with Crippen molar-refractivity contribution in [1.82, 2.24) is 0 Å². The van der Waals surface area contributed by atoms with Crippen molar-refractivity contribution >= 4 is 5.91 Å². The number of epoxide rings is 1. The van der Waals surface area contributed by atoms with Gasteiger partial charge in [0.1, 0.15) is 18.0 Å². The molecule has 0 aliphatic carbocycles. The maximum atomic E-state index is 11.2. The van der Waals surface area contributed by atoms with Crippen molar-refractivity contribution in [1.29, 1.82) is 0 Å². The van der Waals surface area contributed by atoms with Crippen LogP contribution in [0.3, 0.4) is 0 Å². The highest BCUT2D eigenvalue weighted by atomic mass is 16.6. The summed E-state index contributed by atoms with van der Waals surface area (Å²) in [5.41, 5.74) is 6.16. The van der Waals surface area contributed by atoms with Gasteiger partial charge in [-0.05, 0) is 25.1 Å². The van der Waals surface area contributed by atoms with Gasteiger partial charge >= 0.3 is 0 Å². The summed E-state index contributed by atoms with van der Waals surface area (Å²) in [6.07, 6.45) is -0.0405. The largest absolute Gasteiger partial charge is 0.482 e. The van der Waals surface area contributed by atoms with Crippen LogP contribution in [0, 0.1) is 0 Å². The Morgan fingerprint density at radius 2 is 2.33 bits per heavy atom. The van der Waals surface area contributed by atoms with E-state index in [0.29, 0.717) is 12.2 Å². The fraction of sp³-hybridized carbons (Fsp3) is 0.462. The molecule has 2 heterocycles. The number of fused-ring (bicyclic) bond motifs is 3. The molecule has 18 heavy (non-hydrogen) atoms. The Morgan fingerprint density at radius 1 is 1.56 bits per heavy atom. The summed E-state index contributed by atoms with van der Waals surface area (Å²) in [4.78, 5) is 11.2. The highest BCUT2D eigenvalue weighted by Gasteiger charge is 2.59. The summed E-state index contributed by atoms with van der Waals surface area (Å²) in [6, 6.07) is 5.17. The maximum absolute atomic E-state index is 11.2. The van der Waals surface area contributed by atoms with Crippen LogP contribution in [0.15, 0.2) is 18.2 Å². The first-order valence-electron chi connectivity index (χ1n) is 5.82. The molecule has 5 heteroatoms. The molecule has 96 valence electrons. The number of methoxy groups -OCH3 is 1. The zero-order valence-electron chi connectivity index (χ0n) is 10.3. The monoisotopic (exact) mass is 249 g/mol. The molecule has 2 aliphatic heterocycles. The van der Waals surface area contributed by atoms with Gasteiger partial charge in [-0.25, -0.2) is 0 Å². The van der Waals surface area contributed by atoms with E-state index in [1.807, 2.05) is 6.92 Å². The van der Waals surface area contributed by atoms with Crippen molar-refractivity contribution in [2.24, 2.45) is 5.73 Å². The van der Waals surface area contributed by atoms with Crippen LogP contribution in [-0.2, 0) is 9.47 Å². The Kier molecular flexibility index (Phi) is 2.36. The Morgan fingerprint density at radius 3 is 3.00 bits per heavy atom. The zero-order chi connectivity index (χ0) is 12.9. The average Bonchev–Trinajstić information content (AvgIpc) is 3.10. The van der Waals surface area contributed by atoms with E-state index in [9.17, 15) is 4.79 Å². The number of hydrogen-bond acceptors (Lipinski definition) is 4. The highest BCUT2D eigenvalue weighted by Crippen LogP contribution is 2.53. The summed E-state index contributed by atoms with van der Waals surface area (Å²) in [5, 5.41) is 0. The third-order valence-corrected chi connectivity index (χ3v) is 3.47. The molecule has 0 spiro atoms. The number of rotatable bonds is 3. The van der Waals surface area contributed by atoms with Crippen LogP contribution in [0.25, 0.3) is 0 Å². The average molecular weight is 249 g/mol. The minimum atomic E-state index is -0.472. The molecule has 0 aromatic heterocycles. The lowest BCUT2D eigenvalue weighted by atomic mass is 9.92. The van der Waals surface area contributed by atoms with Crippen LogP contribution in [-0.4, -0.2) is 31.3 Å². The Bertz CT molecular complexity index is 516. The smallest absolute Gasteiger partial charge is 0.248 e. The third kappa shape index (κ3) is 1.59. The number of ether oxygens (including phenoxy) is 3. The van der Waals surface area contributed by atoms with Gasteiger partial charge in [-0.1, -0.05) is 0 Å². The van der Waals surface area contributed by atoms with E-state index in [0.717, 1.165) is 11.3 Å². The quantitative estimate of drug-likeness (QED) is 0.812. The lowest BCUT2D eigenvalue weighted by Gasteiger charge is -2.32. The van der Waals surface area contributed by atoms with Crippen LogP contribution < -0.4 is 10.5 Å². The molecule has 0 saturated carbocycles. The molecule has 0 bridgehead atoms. The molecule has 0 radical (unpaired) electrons. The standard InChI is InChI=1S/C13H15NO4/c1-13(6-16-2)11-10(17-11)8-5-7(12(14)15)3-4-9(8)18-13/h3-5,10-11H,6H2,1-2H3,(H2,14,15). The molecule has 1 aromatic carbocycles. The van der Waals surface area contributed by atoms with Crippen molar-refractivity contribution in [2.75, 3.05) is 13.7 Å². The first-order chi connectivity index (χ1) is 8.55. The van der Waals surface area contributed by atoms with Gasteiger partial charge in [0, 0.05) is 18.2 Å². The van der Waals surface area contributed by atoms with Gasteiger partial charge in [-0.15, -0.1) is 0 Å². The number of hydrogen-bond donors (Lipinski definition) is 1. The van der Waals surface area contributed by atoms with Gasteiger partial charge in [0.2, 0.25) is 5.91 Å². The van der Waals surface area contributed by atoms with E-state index in [1.54, 1.807) is 25.3 Å². The minimum Gasteiger partial charge on any atom is -0.482 e. The lowest BCUT2D eigenvalue weighted by molar-refractivity contribution is -0.0177. The van der Waals surface area contributed by atoms with E-state index in [4.69, 9.17) is 19.9 Å². The third-order valence-electron chi connectivity index (χ3n) is 3.47. The van der Waals surface area contributed by atoms with Gasteiger partial charge in [0.05, 0.1) is 6.61 Å². The van der Waals surface area contributed by atoms with Gasteiger partial charge in [0.25, 0.3) is 0 Å². The van der Waals surface area contributed by atoms with Crippen LogP contribution in [0.4, 0.5) is 0 Å². The van der Waals surface area contributed by atoms with Gasteiger partial charge < -0.3 is 19.9 Å². The lowest BCUT2D eigenvalue weighted by Crippen LogP contribution is -2.45. The number of primary amides is 1. The molecule has 3 rings (SSSR count). The topological polar surface area (TPSA) is 74.1 Å². The molecule has 1 fully saturated rings. The Labute approximate surface area is 105 Å². The molecule has 2 N–H and O–H groups in total. The normalized spacial score (nSPS) is 32.1. The van der Waals surface area contributed by atoms with Crippen molar-refractivity contribution < 1.29 is 19.0 Å². The first-order valence-corrected chi connectivity index (χ1v) is 5.82. The highest BCUT2D eigenvalue weighted by molar-refractivity contribution is 5.93. The molecule has 2 aliphatic rings. The van der Waals surface area contributed by atoms with Gasteiger partial charge in [0.15, 0.2) is 5.60 Å². The SMILES string of the molecule is COCC1(C)Oc2ccc(C(N)=O)cc2C2OC21. The molecule has 1 aromatic rings. The summed E-state index contributed by atoms with van der Waals surface area (Å²) in [5.74, 6) is 0.290. The molecule has 3 unspecified atom stereocenters. The van der Waals surface area contributed by atoms with Crippen LogP contribution >= 0.6 is 0 Å². The van der Waals surface area contributed by atoms with Gasteiger partial charge in [-0.2, -0.15) is 0 Å². The molecule has 5 nitrogen and oxygen atoms in total. The molecule has 1 saturated heterocycles. The van der Waals surface area contributed by atoms with E-state index < -0.39 is 11.5 Å². The fourth-order valence-corrected chi connectivity index (χ4v) is 2.54. The Hall–Kier alpha value is -1.59. The summed E-state index contributed by atoms with van der Waals surface area (Å²) in [7, 11) is 1.64. The Balaban J connectivity index is 1.97. The van der Waals surface area contributed by atoms with Crippen LogP contribution in [0.2, 0.25) is 0 Å². The second kappa shape index (κ2) is 3.70. The number of benzene rings is 1. The van der Waals surface area contributed by atoms with Crippen LogP contribution in [0.1, 0.15) is 28.9 Å². The predicted molar refractivity (Wildman–Crippen MR) is 63.5 cm³/mol. The molecule has 3 atom stereocenters. The predicted octanol–water partition coefficient (Wildman–Crippen LogP) is 1.02. The van der Waals surface area contributed by atoms with Gasteiger partial charge in [-0.3, -0.25) is 4.79 Å². The number of amides is 1. The second-order valence-corrected chi connectivity index (χ2v) is 4.94. The molecule has 1 amide bonds. The van der Waals surface area contributed by atoms with Crippen molar-refractivity contribution in [2.45, 2.75) is 24.7 Å². The number of carbonyl (C=O) groups is 1. The van der Waals surface area contributed by atoms with E-state index in [1.165, 1.54) is 0 Å². The fourth-order valence-electron chi connectivity index (χ4n) is 2.54. The second-order valence-electron chi connectivity index (χ2n) is 4.94. The number of nitrogens with two attached hydrogens (primary N) is 1. The molecular weight excluding hydrogens is 234 g/mol. The summed E-state index contributed by atoms with van der Waals surface area (Å²) < 4.78 is 16.8. The first kappa shape index (κ1) is 11.5. The minimum absolute atomic E-state index is 0.0202. The van der Waals surface area contributed by atoms with Crippen LogP contribution in [0.5, 0.6) is 5.75 Å².